The molecule has 4 N–H and O–H groups in total. The van der Waals surface area contributed by atoms with Gasteiger partial charge in [0.05, 0.1) is 0 Å². The molecule has 0 amide bonds. The smallest absolute Gasteiger partial charge is 0.164 e. The van der Waals surface area contributed by atoms with E-state index in [4.69, 9.17) is 20.0 Å². The summed E-state index contributed by atoms with van der Waals surface area (Å²) in [4.78, 5) is 30.8. The third-order valence-corrected chi connectivity index (χ3v) is 7.82. The van der Waals surface area contributed by atoms with Crippen LogP contribution in [-0.2, 0) is 0 Å². The highest BCUT2D eigenvalue weighted by atomic mass is 15.1. The number of hydrogen-bond donors (Lipinski definition) is 4. The summed E-state index contributed by atoms with van der Waals surface area (Å²) in [5.74, 6) is 4.56. The number of hydrogen-bond acceptors (Lipinski definition) is 5. The van der Waals surface area contributed by atoms with Crippen molar-refractivity contribution in [2.24, 2.45) is 20.0 Å². The van der Waals surface area contributed by atoms with Crippen molar-refractivity contribution in [3.63, 3.8) is 0 Å². The maximum atomic E-state index is 5.10. The van der Waals surface area contributed by atoms with E-state index in [0.29, 0.717) is 11.7 Å². The summed E-state index contributed by atoms with van der Waals surface area (Å²) in [6.45, 7) is 0. The predicted octanol–water partition coefficient (Wildman–Crippen LogP) is 6.55. The van der Waals surface area contributed by atoms with Gasteiger partial charge in [-0.3, -0.25) is 0 Å². The first-order valence-electron chi connectivity index (χ1n) is 13.4. The van der Waals surface area contributed by atoms with Gasteiger partial charge >= 0.3 is 0 Å². The minimum Gasteiger partial charge on any atom is -0.327 e. The molecule has 0 saturated carbocycles. The Morgan fingerprint density at radius 1 is 0.450 bits per heavy atom. The lowest BCUT2D eigenvalue weighted by Crippen LogP contribution is -2.13. The number of anilines is 2. The third kappa shape index (κ3) is 3.07. The summed E-state index contributed by atoms with van der Waals surface area (Å²) in [5.41, 5.74) is 3.53. The van der Waals surface area contributed by atoms with Crippen molar-refractivity contribution in [2.45, 2.75) is 12.8 Å². The number of nitrogens with zero attached hydrogens (tertiary/aromatic N) is 4. The fourth-order valence-electron chi connectivity index (χ4n) is 5.95. The van der Waals surface area contributed by atoms with E-state index < -0.39 is 0 Å². The number of rotatable bonds is 0. The van der Waals surface area contributed by atoms with Gasteiger partial charge in [-0.1, -0.05) is 84.9 Å². The topological polar surface area (TPSA) is 109 Å². The average molecular weight is 519 g/mol. The van der Waals surface area contributed by atoms with Crippen molar-refractivity contribution >= 4 is 67.3 Å². The molecule has 2 aliphatic heterocycles. The molecule has 8 bridgehead atoms. The highest BCUT2D eigenvalue weighted by Gasteiger charge is 2.27. The van der Waals surface area contributed by atoms with Gasteiger partial charge in [0, 0.05) is 43.5 Å². The number of fused-ring (bicyclic) bond motifs is 19. The molecule has 0 radical (unpaired) electrons. The lowest BCUT2D eigenvalue weighted by molar-refractivity contribution is 1.02. The van der Waals surface area contributed by atoms with Gasteiger partial charge in [-0.25, -0.2) is 20.0 Å². The van der Waals surface area contributed by atoms with Crippen LogP contribution >= 0.6 is 0 Å². The Bertz CT molecular complexity index is 2300. The monoisotopic (exact) mass is 518 g/mol. The Morgan fingerprint density at radius 2 is 0.925 bits per heavy atom. The fraction of sp³-hybridized carbons (Fsp3) is 0.0625. The molecule has 0 unspecified atom stereocenters. The van der Waals surface area contributed by atoms with E-state index in [1.165, 1.54) is 0 Å². The zero-order valence-electron chi connectivity index (χ0n) is 21.3. The summed E-state index contributed by atoms with van der Waals surface area (Å²) in [6.07, 6.45) is 6.35. The van der Waals surface area contributed by atoms with Gasteiger partial charge in [-0.15, -0.1) is 0 Å². The van der Waals surface area contributed by atoms with Crippen LogP contribution in [0.15, 0.2) is 116 Å². The number of aromatic nitrogens is 3. The van der Waals surface area contributed by atoms with E-state index >= 15 is 0 Å². The van der Waals surface area contributed by atoms with Crippen LogP contribution in [0.3, 0.4) is 0 Å². The van der Waals surface area contributed by atoms with Crippen LogP contribution in [0.2, 0.25) is 0 Å². The second kappa shape index (κ2) is 8.00. The van der Waals surface area contributed by atoms with Crippen molar-refractivity contribution in [1.29, 1.82) is 0 Å². The number of allylic oxidation sites excluding steroid dienone is 2. The zero-order chi connectivity index (χ0) is 26.2. The second-order valence-corrected chi connectivity index (χ2v) is 10.2. The van der Waals surface area contributed by atoms with Crippen molar-refractivity contribution in [3.8, 4) is 0 Å². The first kappa shape index (κ1) is 21.4. The Balaban J connectivity index is 1.42. The molecule has 0 atom stereocenters. The van der Waals surface area contributed by atoms with Crippen molar-refractivity contribution in [2.75, 3.05) is 5.32 Å². The summed E-state index contributed by atoms with van der Waals surface area (Å²) in [6, 6.07) is 24.7. The summed E-state index contributed by atoms with van der Waals surface area (Å²) >= 11 is 0. The lowest BCUT2D eigenvalue weighted by atomic mass is 9.98. The summed E-state index contributed by atoms with van der Waals surface area (Å²) < 4.78 is 0. The van der Waals surface area contributed by atoms with Gasteiger partial charge < -0.3 is 20.3 Å². The van der Waals surface area contributed by atoms with Gasteiger partial charge in [0.25, 0.3) is 0 Å². The van der Waals surface area contributed by atoms with Crippen LogP contribution in [0.4, 0.5) is 23.3 Å². The Kier molecular flexibility index (Phi) is 4.29. The van der Waals surface area contributed by atoms with Crippen LogP contribution in [0.25, 0.3) is 32.3 Å². The van der Waals surface area contributed by atoms with Gasteiger partial charge in [-0.2, -0.15) is 0 Å². The van der Waals surface area contributed by atoms with Gasteiger partial charge in [0.1, 0.15) is 34.2 Å². The molecular formula is C32H22N8. The quantitative estimate of drug-likeness (QED) is 0.180. The van der Waals surface area contributed by atoms with Crippen LogP contribution < -0.4 is 16.3 Å². The number of nitrogens with one attached hydrogen (secondary N) is 4. The zero-order valence-corrected chi connectivity index (χ0v) is 21.3. The van der Waals surface area contributed by atoms with E-state index in [9.17, 15) is 0 Å². The number of benzene rings is 3. The van der Waals surface area contributed by atoms with E-state index in [-0.39, 0.29) is 0 Å². The average Bonchev–Trinajstić information content (AvgIpc) is 3.73. The highest BCUT2D eigenvalue weighted by molar-refractivity contribution is 6.27. The van der Waals surface area contributed by atoms with Crippen molar-refractivity contribution < 1.29 is 0 Å². The fourth-order valence-corrected chi connectivity index (χ4v) is 5.95. The summed E-state index contributed by atoms with van der Waals surface area (Å²) in [5, 5.41) is 9.74. The lowest BCUT2D eigenvalue weighted by Gasteiger charge is -2.07. The minimum atomic E-state index is 0.664. The number of amidine groups is 2. The molecule has 3 aromatic carbocycles. The molecule has 0 fully saturated rings. The Hall–Kier alpha value is -5.50. The second-order valence-electron chi connectivity index (χ2n) is 10.2. The molecule has 40 heavy (non-hydrogen) atoms. The molecule has 0 saturated heterocycles. The van der Waals surface area contributed by atoms with Gasteiger partial charge in [0.15, 0.2) is 11.7 Å². The highest BCUT2D eigenvalue weighted by Crippen LogP contribution is 2.39. The van der Waals surface area contributed by atoms with Gasteiger partial charge in [-0.05, 0) is 12.8 Å². The molecule has 190 valence electrons. The first-order valence-corrected chi connectivity index (χ1v) is 13.4. The van der Waals surface area contributed by atoms with Crippen LogP contribution in [0, 0.1) is 0 Å². The number of aliphatic imine (C=N–C) groups is 2. The third-order valence-electron chi connectivity index (χ3n) is 7.82. The van der Waals surface area contributed by atoms with Crippen LogP contribution in [0.1, 0.15) is 12.8 Å². The van der Waals surface area contributed by atoms with E-state index in [2.05, 4.69) is 68.8 Å². The van der Waals surface area contributed by atoms with Crippen molar-refractivity contribution in [3.05, 3.63) is 107 Å². The van der Waals surface area contributed by atoms with Gasteiger partial charge in [0.2, 0.25) is 0 Å². The maximum absolute atomic E-state index is 5.10. The Morgan fingerprint density at radius 3 is 1.52 bits per heavy atom. The molecule has 6 aromatic rings. The normalized spacial score (nSPS) is 16.0. The standard InChI is InChI=1S/C32H22N8/c1-2-10-18-17(9-1)25-33-26(18)38-28-21-13-5-6-14-22(21)30(35-28)40-32-24-16-8-7-15-23(24)31(36-32)39-29-20-12-4-3-11-19(20)27(34-29)37-25/h1-6,9-16,33-34,37H,7-8H2,(H,35,36,38,39,40). The molecule has 9 rings (SSSR count). The molecular weight excluding hydrogens is 496 g/mol. The minimum absolute atomic E-state index is 0.664. The first-order chi connectivity index (χ1) is 19.8. The van der Waals surface area contributed by atoms with E-state index in [1.54, 1.807) is 0 Å². The molecule has 1 aliphatic carbocycles. The molecule has 8 heteroatoms. The Labute approximate surface area is 227 Å². The SMILES string of the molecule is C1=C2C(=CCC1)C1=Nc3[nH]c(c4ccccc34)Nc3[nH]c(c4ccccc34)N=c3[nH]c(c4ccccc34)=NC2=N1. The van der Waals surface area contributed by atoms with Crippen LogP contribution in [-0.4, -0.2) is 26.6 Å². The molecule has 3 aliphatic rings. The van der Waals surface area contributed by atoms with E-state index in [1.807, 2.05) is 36.4 Å². The summed E-state index contributed by atoms with van der Waals surface area (Å²) in [7, 11) is 0. The maximum Gasteiger partial charge on any atom is 0.164 e. The molecule has 8 nitrogen and oxygen atoms in total. The number of aromatic amines is 3. The molecule has 3 aromatic heterocycles. The molecule has 5 heterocycles. The van der Waals surface area contributed by atoms with Crippen molar-refractivity contribution in [1.82, 2.24) is 15.0 Å². The largest absolute Gasteiger partial charge is 0.327 e. The predicted molar refractivity (Wildman–Crippen MR) is 160 cm³/mol. The molecule has 0 spiro atoms. The van der Waals surface area contributed by atoms with Crippen LogP contribution in [0.5, 0.6) is 0 Å². The number of H-pyrrole nitrogens is 3. The van der Waals surface area contributed by atoms with E-state index in [0.717, 1.165) is 90.6 Å².